The van der Waals surface area contributed by atoms with E-state index in [0.717, 1.165) is 11.3 Å². The third kappa shape index (κ3) is 3.95. The van der Waals surface area contributed by atoms with Gasteiger partial charge in [-0.3, -0.25) is 9.59 Å². The number of fused-ring (bicyclic) bond motifs is 1. The second-order valence-electron chi connectivity index (χ2n) is 4.99. The van der Waals surface area contributed by atoms with E-state index in [9.17, 15) is 9.59 Å². The van der Waals surface area contributed by atoms with Crippen LogP contribution in [0.5, 0.6) is 5.75 Å². The first kappa shape index (κ1) is 15.3. The third-order valence-corrected chi connectivity index (χ3v) is 3.60. The smallest absolute Gasteiger partial charge is 0.320 e. The normalized spacial score (nSPS) is 15.6. The Hall–Kier alpha value is -2.08. The lowest BCUT2D eigenvalue weighted by atomic mass is 10.1. The molecule has 1 unspecified atom stereocenters. The van der Waals surface area contributed by atoms with Crippen molar-refractivity contribution in [1.82, 2.24) is 10.2 Å². The number of hydrogen-bond acceptors (Lipinski definition) is 4. The van der Waals surface area contributed by atoms with Gasteiger partial charge in [-0.05, 0) is 19.5 Å². The predicted octanol–water partition coefficient (Wildman–Crippen LogP) is 0.860. The Balaban J connectivity index is 1.95. The van der Waals surface area contributed by atoms with Gasteiger partial charge in [-0.15, -0.1) is 0 Å². The molecule has 1 amide bonds. The first-order chi connectivity index (χ1) is 10.1. The minimum Gasteiger partial charge on any atom is -0.491 e. The molecule has 0 radical (unpaired) electrons. The van der Waals surface area contributed by atoms with Crippen LogP contribution in [0.25, 0.3) is 0 Å². The number of benzene rings is 1. The van der Waals surface area contributed by atoms with E-state index in [1.54, 1.807) is 11.9 Å². The SMILES string of the molecule is CNC(CCC(=O)N1CCOc2ccccc2C1)C(=O)O. The Morgan fingerprint density at radius 1 is 1.43 bits per heavy atom. The Labute approximate surface area is 123 Å². The molecular weight excluding hydrogens is 272 g/mol. The van der Waals surface area contributed by atoms with Gasteiger partial charge in [0, 0.05) is 18.5 Å². The van der Waals surface area contributed by atoms with Crippen LogP contribution in [0.1, 0.15) is 18.4 Å². The number of nitrogens with zero attached hydrogens (tertiary/aromatic N) is 1. The van der Waals surface area contributed by atoms with Crippen molar-refractivity contribution in [2.75, 3.05) is 20.2 Å². The molecule has 0 fully saturated rings. The van der Waals surface area contributed by atoms with Gasteiger partial charge in [-0.25, -0.2) is 0 Å². The zero-order chi connectivity index (χ0) is 15.2. The zero-order valence-corrected chi connectivity index (χ0v) is 12.0. The molecule has 6 heteroatoms. The van der Waals surface area contributed by atoms with Gasteiger partial charge in [0.15, 0.2) is 0 Å². The summed E-state index contributed by atoms with van der Waals surface area (Å²) in [7, 11) is 1.58. The Bertz CT molecular complexity index is 518. The van der Waals surface area contributed by atoms with Crippen LogP contribution in [0.2, 0.25) is 0 Å². The van der Waals surface area contributed by atoms with Crippen LogP contribution in [0, 0.1) is 0 Å². The molecule has 1 aliphatic rings. The molecule has 0 spiro atoms. The van der Waals surface area contributed by atoms with Gasteiger partial charge in [0.05, 0.1) is 6.54 Å². The molecule has 2 N–H and O–H groups in total. The summed E-state index contributed by atoms with van der Waals surface area (Å²) < 4.78 is 5.61. The summed E-state index contributed by atoms with van der Waals surface area (Å²) in [6.07, 6.45) is 0.490. The number of carbonyl (C=O) groups is 2. The maximum atomic E-state index is 12.3. The third-order valence-electron chi connectivity index (χ3n) is 3.60. The topological polar surface area (TPSA) is 78.9 Å². The number of carboxylic acids is 1. The van der Waals surface area contributed by atoms with Crippen LogP contribution >= 0.6 is 0 Å². The van der Waals surface area contributed by atoms with Gasteiger partial charge in [-0.2, -0.15) is 0 Å². The quantitative estimate of drug-likeness (QED) is 0.841. The fraction of sp³-hybridized carbons (Fsp3) is 0.467. The predicted molar refractivity (Wildman–Crippen MR) is 77.1 cm³/mol. The van der Waals surface area contributed by atoms with Gasteiger partial charge in [-0.1, -0.05) is 18.2 Å². The molecule has 1 heterocycles. The summed E-state index contributed by atoms with van der Waals surface area (Å²) in [6, 6.07) is 6.96. The first-order valence-corrected chi connectivity index (χ1v) is 7.00. The van der Waals surface area contributed by atoms with Crippen LogP contribution in [-0.2, 0) is 16.1 Å². The highest BCUT2D eigenvalue weighted by atomic mass is 16.5. The standard InChI is InChI=1S/C15H20N2O4/c1-16-12(15(19)20)6-7-14(18)17-8-9-21-13-5-3-2-4-11(13)10-17/h2-5,12,16H,6-10H2,1H3,(H,19,20). The highest BCUT2D eigenvalue weighted by molar-refractivity contribution is 5.78. The molecule has 0 saturated heterocycles. The molecular formula is C15H20N2O4. The number of amides is 1. The summed E-state index contributed by atoms with van der Waals surface area (Å²) in [6.45, 7) is 1.48. The second-order valence-corrected chi connectivity index (χ2v) is 4.99. The van der Waals surface area contributed by atoms with Crippen molar-refractivity contribution < 1.29 is 19.4 Å². The molecule has 114 valence electrons. The van der Waals surface area contributed by atoms with Crippen molar-refractivity contribution in [3.05, 3.63) is 29.8 Å². The van der Waals surface area contributed by atoms with E-state index in [1.165, 1.54) is 0 Å². The maximum absolute atomic E-state index is 12.3. The maximum Gasteiger partial charge on any atom is 0.320 e. The number of carbonyl (C=O) groups excluding carboxylic acids is 1. The summed E-state index contributed by atoms with van der Waals surface area (Å²) in [4.78, 5) is 24.9. The molecule has 1 aromatic carbocycles. The highest BCUT2D eigenvalue weighted by Gasteiger charge is 2.22. The number of likely N-dealkylation sites (N-methyl/N-ethyl adjacent to an activating group) is 1. The van der Waals surface area contributed by atoms with Crippen molar-refractivity contribution >= 4 is 11.9 Å². The minimum absolute atomic E-state index is 0.0446. The molecule has 1 aliphatic heterocycles. The molecule has 1 atom stereocenters. The lowest BCUT2D eigenvalue weighted by molar-refractivity contribution is -0.139. The molecule has 0 aromatic heterocycles. The van der Waals surface area contributed by atoms with Gasteiger partial charge in [0.1, 0.15) is 18.4 Å². The zero-order valence-electron chi connectivity index (χ0n) is 12.0. The summed E-state index contributed by atoms with van der Waals surface area (Å²) in [5, 5.41) is 11.7. The Morgan fingerprint density at radius 3 is 2.90 bits per heavy atom. The van der Waals surface area contributed by atoms with Gasteiger partial charge in [0.2, 0.25) is 5.91 Å². The van der Waals surface area contributed by atoms with Gasteiger partial charge < -0.3 is 20.1 Å². The number of carboxylic acid groups (broad SMARTS) is 1. The van der Waals surface area contributed by atoms with Crippen LogP contribution in [0.3, 0.4) is 0 Å². The first-order valence-electron chi connectivity index (χ1n) is 7.00. The van der Waals surface area contributed by atoms with E-state index in [0.29, 0.717) is 19.7 Å². The van der Waals surface area contributed by atoms with Crippen LogP contribution in [-0.4, -0.2) is 48.1 Å². The summed E-state index contributed by atoms with van der Waals surface area (Å²) >= 11 is 0. The average Bonchev–Trinajstić information content (AvgIpc) is 2.69. The molecule has 2 rings (SSSR count). The molecule has 0 aliphatic carbocycles. The summed E-state index contributed by atoms with van der Waals surface area (Å²) in [5.74, 6) is -0.168. The number of nitrogens with one attached hydrogen (secondary N) is 1. The van der Waals surface area contributed by atoms with Crippen molar-refractivity contribution in [1.29, 1.82) is 0 Å². The monoisotopic (exact) mass is 292 g/mol. The number of rotatable bonds is 5. The molecule has 0 saturated carbocycles. The number of para-hydroxylation sites is 1. The number of aliphatic carboxylic acids is 1. The van der Waals surface area contributed by atoms with E-state index >= 15 is 0 Å². The van der Waals surface area contributed by atoms with E-state index in [-0.39, 0.29) is 18.7 Å². The fourth-order valence-corrected chi connectivity index (χ4v) is 2.36. The van der Waals surface area contributed by atoms with E-state index < -0.39 is 12.0 Å². The van der Waals surface area contributed by atoms with Crippen molar-refractivity contribution in [2.24, 2.45) is 0 Å². The van der Waals surface area contributed by atoms with Gasteiger partial charge in [0.25, 0.3) is 0 Å². The Kier molecular flexibility index (Phi) is 5.16. The lowest BCUT2D eigenvalue weighted by Gasteiger charge is -2.20. The highest BCUT2D eigenvalue weighted by Crippen LogP contribution is 2.22. The second kappa shape index (κ2) is 7.08. The van der Waals surface area contributed by atoms with E-state index in [2.05, 4.69) is 5.32 Å². The Morgan fingerprint density at radius 2 is 2.19 bits per heavy atom. The van der Waals surface area contributed by atoms with E-state index in [4.69, 9.17) is 9.84 Å². The van der Waals surface area contributed by atoms with Gasteiger partial charge >= 0.3 is 5.97 Å². The fourth-order valence-electron chi connectivity index (χ4n) is 2.36. The molecule has 21 heavy (non-hydrogen) atoms. The van der Waals surface area contributed by atoms with Crippen LogP contribution < -0.4 is 10.1 Å². The minimum atomic E-state index is -0.935. The average molecular weight is 292 g/mol. The molecule has 1 aromatic rings. The number of hydrogen-bond donors (Lipinski definition) is 2. The van der Waals surface area contributed by atoms with E-state index in [1.807, 2.05) is 24.3 Å². The summed E-state index contributed by atoms with van der Waals surface area (Å²) in [5.41, 5.74) is 0.978. The van der Waals surface area contributed by atoms with Crippen molar-refractivity contribution in [3.8, 4) is 5.75 Å². The van der Waals surface area contributed by atoms with Crippen LogP contribution in [0.15, 0.2) is 24.3 Å². The van der Waals surface area contributed by atoms with Crippen molar-refractivity contribution in [3.63, 3.8) is 0 Å². The largest absolute Gasteiger partial charge is 0.491 e. The number of ether oxygens (including phenoxy) is 1. The van der Waals surface area contributed by atoms with Crippen LogP contribution in [0.4, 0.5) is 0 Å². The molecule has 6 nitrogen and oxygen atoms in total. The molecule has 0 bridgehead atoms. The van der Waals surface area contributed by atoms with Crippen molar-refractivity contribution in [2.45, 2.75) is 25.4 Å². The lowest BCUT2D eigenvalue weighted by Crippen LogP contribution is -2.37.